The summed E-state index contributed by atoms with van der Waals surface area (Å²) in [6.45, 7) is 6.13. The molecule has 1 aromatic carbocycles. The van der Waals surface area contributed by atoms with Crippen LogP contribution in [0.3, 0.4) is 0 Å². The van der Waals surface area contributed by atoms with Crippen molar-refractivity contribution in [3.05, 3.63) is 66.6 Å². The molecule has 7 nitrogen and oxygen atoms in total. The summed E-state index contributed by atoms with van der Waals surface area (Å²) in [5.74, 6) is 1.31. The first-order chi connectivity index (χ1) is 13.8. The Morgan fingerprint density at radius 1 is 1.10 bits per heavy atom. The predicted octanol–water partition coefficient (Wildman–Crippen LogP) is 4.60. The minimum absolute atomic E-state index is 0.435. The maximum absolute atomic E-state index is 11.5. The van der Waals surface area contributed by atoms with Crippen LogP contribution >= 0.6 is 0 Å². The van der Waals surface area contributed by atoms with Crippen LogP contribution in [0.1, 0.15) is 26.3 Å². The highest BCUT2D eigenvalue weighted by atomic mass is 16.4. The van der Waals surface area contributed by atoms with Crippen LogP contribution in [-0.2, 0) is 6.42 Å². The summed E-state index contributed by atoms with van der Waals surface area (Å²) in [5.41, 5.74) is 2.42. The minimum Gasteiger partial charge on any atom is -0.465 e. The van der Waals surface area contributed by atoms with E-state index in [1.165, 1.54) is 4.90 Å². The summed E-state index contributed by atoms with van der Waals surface area (Å²) in [6, 6.07) is 13.8. The Morgan fingerprint density at radius 3 is 2.59 bits per heavy atom. The van der Waals surface area contributed by atoms with E-state index in [2.05, 4.69) is 26.3 Å². The number of amides is 1. The lowest BCUT2D eigenvalue weighted by Gasteiger charge is -2.33. The number of nitrogens with zero attached hydrogens (tertiary/aromatic N) is 4. The molecule has 2 N–H and O–H groups in total. The van der Waals surface area contributed by atoms with Crippen LogP contribution in [0.5, 0.6) is 0 Å². The smallest absolute Gasteiger partial charge is 0.407 e. The first kappa shape index (κ1) is 20.3. The van der Waals surface area contributed by atoms with Crippen LogP contribution in [0, 0.1) is 0 Å². The Morgan fingerprint density at radius 2 is 1.90 bits per heavy atom. The van der Waals surface area contributed by atoms with Gasteiger partial charge >= 0.3 is 6.09 Å². The lowest BCUT2D eigenvalue weighted by atomic mass is 10.0. The summed E-state index contributed by atoms with van der Waals surface area (Å²) >= 11 is 0. The summed E-state index contributed by atoms with van der Waals surface area (Å²) in [4.78, 5) is 25.9. The molecular formula is C22H25N5O2. The third-order valence-corrected chi connectivity index (χ3v) is 4.46. The van der Waals surface area contributed by atoms with Crippen LogP contribution in [0.15, 0.2) is 61.1 Å². The maximum atomic E-state index is 11.5. The first-order valence-electron chi connectivity index (χ1n) is 9.43. The number of carboxylic acid groups (broad SMARTS) is 1. The third-order valence-electron chi connectivity index (χ3n) is 4.46. The molecule has 3 aromatic rings. The number of hydrogen-bond acceptors (Lipinski definition) is 5. The fraction of sp³-hybridized carbons (Fsp3) is 0.273. The van der Waals surface area contributed by atoms with Crippen LogP contribution in [0.25, 0.3) is 11.3 Å². The third kappa shape index (κ3) is 5.51. The lowest BCUT2D eigenvalue weighted by molar-refractivity contribution is 0.101. The second-order valence-electron chi connectivity index (χ2n) is 7.68. The van der Waals surface area contributed by atoms with Gasteiger partial charge in [-0.15, -0.1) is 0 Å². The predicted molar refractivity (Wildman–Crippen MR) is 113 cm³/mol. The molecule has 0 aliphatic heterocycles. The second-order valence-corrected chi connectivity index (χ2v) is 7.68. The molecule has 0 spiro atoms. The van der Waals surface area contributed by atoms with E-state index in [0.717, 1.165) is 16.8 Å². The summed E-state index contributed by atoms with van der Waals surface area (Å²) in [7, 11) is 0. The number of anilines is 2. The summed E-state index contributed by atoms with van der Waals surface area (Å²) < 4.78 is 0. The van der Waals surface area contributed by atoms with Gasteiger partial charge in [-0.3, -0.25) is 4.98 Å². The molecule has 7 heteroatoms. The molecule has 0 saturated heterocycles. The van der Waals surface area contributed by atoms with Crippen molar-refractivity contribution in [1.82, 2.24) is 19.9 Å². The van der Waals surface area contributed by atoms with Crippen molar-refractivity contribution in [3.63, 3.8) is 0 Å². The number of rotatable bonds is 6. The molecule has 0 unspecified atom stereocenters. The molecule has 0 atom stereocenters. The van der Waals surface area contributed by atoms with E-state index in [1.54, 1.807) is 18.6 Å². The quantitative estimate of drug-likeness (QED) is 0.638. The zero-order valence-corrected chi connectivity index (χ0v) is 16.8. The molecule has 2 aromatic heterocycles. The molecule has 0 radical (unpaired) electrons. The van der Waals surface area contributed by atoms with Gasteiger partial charge in [0, 0.05) is 30.0 Å². The minimum atomic E-state index is -0.905. The average Bonchev–Trinajstić information content (AvgIpc) is 2.68. The van der Waals surface area contributed by atoms with Crippen LogP contribution in [0.4, 0.5) is 16.4 Å². The number of pyridine rings is 1. The lowest BCUT2D eigenvalue weighted by Crippen LogP contribution is -2.45. The Balaban J connectivity index is 1.75. The fourth-order valence-corrected chi connectivity index (χ4v) is 3.01. The van der Waals surface area contributed by atoms with Gasteiger partial charge in [0.05, 0.1) is 11.9 Å². The number of carbonyl (C=O) groups is 1. The van der Waals surface area contributed by atoms with Crippen molar-refractivity contribution < 1.29 is 9.90 Å². The van der Waals surface area contributed by atoms with Crippen molar-refractivity contribution in [2.75, 3.05) is 11.9 Å². The van der Waals surface area contributed by atoms with E-state index in [-0.39, 0.29) is 0 Å². The van der Waals surface area contributed by atoms with Gasteiger partial charge in [-0.25, -0.2) is 14.8 Å². The molecule has 0 saturated carbocycles. The Labute approximate surface area is 170 Å². The van der Waals surface area contributed by atoms with Gasteiger partial charge in [0.25, 0.3) is 0 Å². The van der Waals surface area contributed by atoms with E-state index in [0.29, 0.717) is 24.6 Å². The van der Waals surface area contributed by atoms with Crippen molar-refractivity contribution in [3.8, 4) is 11.3 Å². The van der Waals surface area contributed by atoms with Gasteiger partial charge < -0.3 is 15.3 Å². The Kier molecular flexibility index (Phi) is 6.07. The standard InChI is InChI=1S/C22H25N5O2/c1-22(2,3)27(21(28)29)13-10-16-6-4-7-17(14-16)18-8-5-9-19(25-18)26-20-15-23-11-12-24-20/h4-9,11-12,14-15H,10,13H2,1-3H3,(H,28,29)(H,24,25,26). The molecule has 0 aliphatic carbocycles. The molecule has 2 heterocycles. The molecule has 0 bridgehead atoms. The topological polar surface area (TPSA) is 91.2 Å². The molecule has 3 rings (SSSR count). The monoisotopic (exact) mass is 391 g/mol. The van der Waals surface area contributed by atoms with E-state index < -0.39 is 11.6 Å². The van der Waals surface area contributed by atoms with Crippen LogP contribution in [0.2, 0.25) is 0 Å². The molecular weight excluding hydrogens is 366 g/mol. The zero-order valence-electron chi connectivity index (χ0n) is 16.8. The number of benzene rings is 1. The maximum Gasteiger partial charge on any atom is 0.407 e. The van der Waals surface area contributed by atoms with Crippen molar-refractivity contribution >= 4 is 17.7 Å². The highest BCUT2D eigenvalue weighted by Gasteiger charge is 2.25. The Bertz CT molecular complexity index is 970. The van der Waals surface area contributed by atoms with Crippen LogP contribution in [-0.4, -0.2) is 43.1 Å². The zero-order chi connectivity index (χ0) is 20.9. The van der Waals surface area contributed by atoms with Crippen LogP contribution < -0.4 is 5.32 Å². The highest BCUT2D eigenvalue weighted by Crippen LogP contribution is 2.22. The molecule has 150 valence electrons. The van der Waals surface area contributed by atoms with E-state index in [9.17, 15) is 9.90 Å². The number of hydrogen-bond donors (Lipinski definition) is 2. The SMILES string of the molecule is CC(C)(C)N(CCc1cccc(-c2cccc(Nc3cnccn3)n2)c1)C(=O)O. The van der Waals surface area contributed by atoms with Crippen molar-refractivity contribution in [2.45, 2.75) is 32.7 Å². The Hall–Kier alpha value is -3.48. The van der Waals surface area contributed by atoms with Gasteiger partial charge in [-0.05, 0) is 51.0 Å². The largest absolute Gasteiger partial charge is 0.465 e. The van der Waals surface area contributed by atoms with Gasteiger partial charge in [0.1, 0.15) is 11.6 Å². The van der Waals surface area contributed by atoms with Gasteiger partial charge in [-0.1, -0.05) is 24.3 Å². The van der Waals surface area contributed by atoms with E-state index >= 15 is 0 Å². The number of nitrogens with one attached hydrogen (secondary N) is 1. The summed E-state index contributed by atoms with van der Waals surface area (Å²) in [6.07, 6.45) is 4.60. The second kappa shape index (κ2) is 8.68. The molecule has 0 aliphatic rings. The summed E-state index contributed by atoms with van der Waals surface area (Å²) in [5, 5.41) is 12.6. The molecule has 0 fully saturated rings. The molecule has 29 heavy (non-hydrogen) atoms. The van der Waals surface area contributed by atoms with E-state index in [4.69, 9.17) is 0 Å². The van der Waals surface area contributed by atoms with Gasteiger partial charge in [-0.2, -0.15) is 0 Å². The van der Waals surface area contributed by atoms with Crippen molar-refractivity contribution in [1.29, 1.82) is 0 Å². The van der Waals surface area contributed by atoms with Gasteiger partial charge in [0.2, 0.25) is 0 Å². The molecule has 1 amide bonds. The van der Waals surface area contributed by atoms with Gasteiger partial charge in [0.15, 0.2) is 0 Å². The number of aromatic nitrogens is 3. The van der Waals surface area contributed by atoms with Crippen molar-refractivity contribution in [2.24, 2.45) is 0 Å². The first-order valence-corrected chi connectivity index (χ1v) is 9.43. The van der Waals surface area contributed by atoms with E-state index in [1.807, 2.05) is 57.2 Å². The highest BCUT2D eigenvalue weighted by molar-refractivity contribution is 5.66. The normalized spacial score (nSPS) is 11.1. The average molecular weight is 391 g/mol. The fourth-order valence-electron chi connectivity index (χ4n) is 3.01.